The minimum atomic E-state index is -0.00183. The molecule has 5 heteroatoms. The fourth-order valence-corrected chi connectivity index (χ4v) is 2.28. The van der Waals surface area contributed by atoms with Gasteiger partial charge in [0.2, 0.25) is 5.91 Å². The molecule has 3 N–H and O–H groups in total. The van der Waals surface area contributed by atoms with Gasteiger partial charge < -0.3 is 15.6 Å². The normalized spacial score (nSPS) is 11.5. The maximum absolute atomic E-state index is 12.0. The van der Waals surface area contributed by atoms with E-state index in [9.17, 15) is 4.79 Å². The van der Waals surface area contributed by atoms with Gasteiger partial charge >= 0.3 is 0 Å². The number of imidazole rings is 1. The average molecular weight is 274 g/mol. The first-order valence-corrected chi connectivity index (χ1v) is 6.93. The van der Waals surface area contributed by atoms with Crippen molar-refractivity contribution in [2.45, 2.75) is 46.2 Å². The summed E-state index contributed by atoms with van der Waals surface area (Å²) in [5.74, 6) is 1.15. The molecule has 1 heterocycles. The number of hydrogen-bond acceptors (Lipinski definition) is 3. The Balaban J connectivity index is 2.43. The van der Waals surface area contributed by atoms with Gasteiger partial charge in [0.1, 0.15) is 12.4 Å². The molecule has 0 saturated carbocycles. The highest BCUT2D eigenvalue weighted by atomic mass is 16.2. The summed E-state index contributed by atoms with van der Waals surface area (Å²) in [6.07, 6.45) is 0. The average Bonchev–Trinajstić information content (AvgIpc) is 2.66. The number of benzene rings is 1. The van der Waals surface area contributed by atoms with Crippen molar-refractivity contribution >= 4 is 22.6 Å². The number of rotatable bonds is 4. The molecule has 0 aliphatic rings. The number of anilines is 1. The third-order valence-electron chi connectivity index (χ3n) is 3.07. The smallest absolute Gasteiger partial charge is 0.240 e. The summed E-state index contributed by atoms with van der Waals surface area (Å²) in [5, 5.41) is 2.91. The predicted molar refractivity (Wildman–Crippen MR) is 81.5 cm³/mol. The van der Waals surface area contributed by atoms with Crippen LogP contribution in [-0.2, 0) is 11.3 Å². The minimum Gasteiger partial charge on any atom is -0.399 e. The molecule has 2 rings (SSSR count). The van der Waals surface area contributed by atoms with E-state index in [1.165, 1.54) is 0 Å². The summed E-state index contributed by atoms with van der Waals surface area (Å²) in [4.78, 5) is 16.6. The van der Waals surface area contributed by atoms with Gasteiger partial charge in [0.25, 0.3) is 0 Å². The van der Waals surface area contributed by atoms with Gasteiger partial charge in [0.15, 0.2) is 0 Å². The first kappa shape index (κ1) is 14.4. The summed E-state index contributed by atoms with van der Waals surface area (Å²) in [6.45, 7) is 8.33. The third kappa shape index (κ3) is 2.92. The number of aromatic nitrogens is 2. The molecule has 2 aromatic rings. The van der Waals surface area contributed by atoms with E-state index in [0.717, 1.165) is 16.9 Å². The molecule has 0 fully saturated rings. The molecule has 0 radical (unpaired) electrons. The van der Waals surface area contributed by atoms with Crippen LogP contribution >= 0.6 is 0 Å². The quantitative estimate of drug-likeness (QED) is 0.840. The summed E-state index contributed by atoms with van der Waals surface area (Å²) in [5.41, 5.74) is 8.27. The van der Waals surface area contributed by atoms with E-state index in [4.69, 9.17) is 5.73 Å². The van der Waals surface area contributed by atoms with Gasteiger partial charge in [0.05, 0.1) is 11.0 Å². The van der Waals surface area contributed by atoms with Gasteiger partial charge in [-0.25, -0.2) is 4.98 Å². The molecule has 0 spiro atoms. The van der Waals surface area contributed by atoms with Crippen molar-refractivity contribution in [2.24, 2.45) is 0 Å². The van der Waals surface area contributed by atoms with Crippen LogP contribution < -0.4 is 11.1 Å². The van der Waals surface area contributed by atoms with Crippen molar-refractivity contribution in [2.75, 3.05) is 5.73 Å². The van der Waals surface area contributed by atoms with Gasteiger partial charge in [-0.05, 0) is 32.0 Å². The molecule has 20 heavy (non-hydrogen) atoms. The number of nitrogens with one attached hydrogen (secondary N) is 1. The van der Waals surface area contributed by atoms with Crippen LogP contribution in [0.3, 0.4) is 0 Å². The molecule has 0 bridgehead atoms. The van der Waals surface area contributed by atoms with E-state index < -0.39 is 0 Å². The van der Waals surface area contributed by atoms with Crippen LogP contribution in [0.4, 0.5) is 5.69 Å². The molecule has 0 aliphatic carbocycles. The van der Waals surface area contributed by atoms with Crippen LogP contribution in [0.25, 0.3) is 11.0 Å². The fourth-order valence-electron chi connectivity index (χ4n) is 2.28. The molecule has 0 aliphatic heterocycles. The summed E-state index contributed by atoms with van der Waals surface area (Å²) in [6, 6.07) is 5.74. The van der Waals surface area contributed by atoms with Crippen LogP contribution in [0.1, 0.15) is 39.4 Å². The monoisotopic (exact) mass is 274 g/mol. The second-order valence-electron chi connectivity index (χ2n) is 5.68. The summed E-state index contributed by atoms with van der Waals surface area (Å²) in [7, 11) is 0. The van der Waals surface area contributed by atoms with Crippen LogP contribution in [0, 0.1) is 0 Å². The molecule has 0 atom stereocenters. The van der Waals surface area contributed by atoms with Crippen molar-refractivity contribution in [1.82, 2.24) is 14.9 Å². The molecular formula is C15H22N4O. The topological polar surface area (TPSA) is 72.9 Å². The maximum Gasteiger partial charge on any atom is 0.240 e. The number of hydrogen-bond donors (Lipinski definition) is 2. The summed E-state index contributed by atoms with van der Waals surface area (Å²) >= 11 is 0. The van der Waals surface area contributed by atoms with Crippen molar-refractivity contribution in [3.05, 3.63) is 24.0 Å². The Morgan fingerprint density at radius 1 is 1.35 bits per heavy atom. The number of amides is 1. The van der Waals surface area contributed by atoms with Gasteiger partial charge in [-0.1, -0.05) is 13.8 Å². The first-order valence-electron chi connectivity index (χ1n) is 6.93. The Morgan fingerprint density at radius 2 is 2.05 bits per heavy atom. The SMILES string of the molecule is CC(C)NC(=O)Cn1c(C(C)C)nc2cc(N)ccc21. The molecule has 108 valence electrons. The van der Waals surface area contributed by atoms with Crippen LogP contribution in [0.15, 0.2) is 18.2 Å². The molecule has 5 nitrogen and oxygen atoms in total. The van der Waals surface area contributed by atoms with Crippen LogP contribution in [-0.4, -0.2) is 21.5 Å². The second-order valence-corrected chi connectivity index (χ2v) is 5.68. The van der Waals surface area contributed by atoms with Gasteiger partial charge in [0, 0.05) is 17.6 Å². The Morgan fingerprint density at radius 3 is 2.65 bits per heavy atom. The number of carbonyl (C=O) groups excluding carboxylic acids is 1. The Bertz CT molecular complexity index is 628. The molecule has 0 saturated heterocycles. The number of nitrogens with two attached hydrogens (primary N) is 1. The Kier molecular flexibility index (Phi) is 3.97. The van der Waals surface area contributed by atoms with E-state index in [0.29, 0.717) is 5.69 Å². The maximum atomic E-state index is 12.0. The molecule has 1 aromatic carbocycles. The number of carbonyl (C=O) groups is 1. The lowest BCUT2D eigenvalue weighted by Gasteiger charge is -2.13. The molecule has 0 unspecified atom stereocenters. The zero-order valence-electron chi connectivity index (χ0n) is 12.5. The Hall–Kier alpha value is -2.04. The lowest BCUT2D eigenvalue weighted by atomic mass is 10.2. The van der Waals surface area contributed by atoms with Crippen molar-refractivity contribution in [3.8, 4) is 0 Å². The van der Waals surface area contributed by atoms with E-state index in [2.05, 4.69) is 24.1 Å². The Labute approximate surface area is 119 Å². The molecule has 1 amide bonds. The van der Waals surface area contributed by atoms with Crippen molar-refractivity contribution < 1.29 is 4.79 Å². The highest BCUT2D eigenvalue weighted by Gasteiger charge is 2.16. The lowest BCUT2D eigenvalue weighted by molar-refractivity contribution is -0.122. The van der Waals surface area contributed by atoms with E-state index >= 15 is 0 Å². The van der Waals surface area contributed by atoms with E-state index in [1.54, 1.807) is 0 Å². The predicted octanol–water partition coefficient (Wildman–Crippen LogP) is 2.27. The van der Waals surface area contributed by atoms with E-state index in [1.807, 2.05) is 36.6 Å². The number of fused-ring (bicyclic) bond motifs is 1. The lowest BCUT2D eigenvalue weighted by Crippen LogP contribution is -2.33. The van der Waals surface area contributed by atoms with Crippen LogP contribution in [0.5, 0.6) is 0 Å². The minimum absolute atomic E-state index is 0.00183. The van der Waals surface area contributed by atoms with Crippen molar-refractivity contribution in [1.29, 1.82) is 0 Å². The number of nitrogens with zero attached hydrogens (tertiary/aromatic N) is 2. The van der Waals surface area contributed by atoms with Crippen LogP contribution in [0.2, 0.25) is 0 Å². The van der Waals surface area contributed by atoms with Crippen molar-refractivity contribution in [3.63, 3.8) is 0 Å². The second kappa shape index (κ2) is 5.53. The zero-order valence-corrected chi connectivity index (χ0v) is 12.5. The zero-order chi connectivity index (χ0) is 14.9. The number of nitrogen functional groups attached to an aromatic ring is 1. The first-order chi connectivity index (χ1) is 9.38. The van der Waals surface area contributed by atoms with Gasteiger partial charge in [-0.15, -0.1) is 0 Å². The fraction of sp³-hybridized carbons (Fsp3) is 0.467. The largest absolute Gasteiger partial charge is 0.399 e. The molecular weight excluding hydrogens is 252 g/mol. The van der Waals surface area contributed by atoms with E-state index in [-0.39, 0.29) is 24.4 Å². The highest BCUT2D eigenvalue weighted by Crippen LogP contribution is 2.23. The highest BCUT2D eigenvalue weighted by molar-refractivity contribution is 5.83. The van der Waals surface area contributed by atoms with Gasteiger partial charge in [-0.3, -0.25) is 4.79 Å². The molecule has 1 aromatic heterocycles. The van der Waals surface area contributed by atoms with Gasteiger partial charge in [-0.2, -0.15) is 0 Å². The standard InChI is InChI=1S/C15H22N4O/c1-9(2)15-18-12-7-11(16)5-6-13(12)19(15)8-14(20)17-10(3)4/h5-7,9-10H,8,16H2,1-4H3,(H,17,20). The third-order valence-corrected chi connectivity index (χ3v) is 3.07. The summed E-state index contributed by atoms with van der Waals surface area (Å²) < 4.78 is 1.97.